The van der Waals surface area contributed by atoms with Crippen LogP contribution in [0, 0.1) is 10.5 Å². The summed E-state index contributed by atoms with van der Waals surface area (Å²) in [6.07, 6.45) is 0.776. The summed E-state index contributed by atoms with van der Waals surface area (Å²) in [7, 11) is 0. The van der Waals surface area contributed by atoms with Crippen molar-refractivity contribution in [2.45, 2.75) is 25.1 Å². The fraction of sp³-hybridized carbons (Fsp3) is 0.364. The number of alkyl halides is 1. The van der Waals surface area contributed by atoms with E-state index < -0.39 is 0 Å². The summed E-state index contributed by atoms with van der Waals surface area (Å²) in [6.45, 7) is 3.71. The highest BCUT2D eigenvalue weighted by Crippen LogP contribution is 2.19. The molecule has 1 unspecified atom stereocenters. The second-order valence-corrected chi connectivity index (χ2v) is 5.57. The third-order valence-corrected chi connectivity index (χ3v) is 4.36. The molecule has 3 heteroatoms. The van der Waals surface area contributed by atoms with Crippen molar-refractivity contribution in [2.75, 3.05) is 0 Å². The Bertz CT molecular complexity index is 349. The van der Waals surface area contributed by atoms with Gasteiger partial charge in [0.25, 0.3) is 0 Å². The highest BCUT2D eigenvalue weighted by molar-refractivity contribution is 14.1. The molecule has 1 atom stereocenters. The van der Waals surface area contributed by atoms with Crippen molar-refractivity contribution >= 4 is 44.3 Å². The fourth-order valence-electron chi connectivity index (χ4n) is 1.21. The first-order chi connectivity index (χ1) is 6.52. The van der Waals surface area contributed by atoms with Crippen LogP contribution in [0.5, 0.6) is 0 Å². The number of Topliss-reactive ketones (excluding diaryl/α,β-unsaturated/α-hetero) is 1. The maximum absolute atomic E-state index is 11.1. The van der Waals surface area contributed by atoms with Gasteiger partial charge in [-0.05, 0) is 60.1 Å². The molecule has 0 aliphatic carbocycles. The van der Waals surface area contributed by atoms with Crippen LogP contribution >= 0.6 is 38.5 Å². The van der Waals surface area contributed by atoms with Crippen molar-refractivity contribution < 1.29 is 4.79 Å². The summed E-state index contributed by atoms with van der Waals surface area (Å²) in [4.78, 5) is 11.0. The Hall–Kier alpha value is 0.100. The summed E-state index contributed by atoms with van der Waals surface area (Å²) in [5.74, 6) is 0.184. The Labute approximate surface area is 107 Å². The Kier molecular flexibility index (Phi) is 4.57. The maximum atomic E-state index is 11.1. The van der Waals surface area contributed by atoms with Crippen LogP contribution < -0.4 is 0 Å². The number of halogens is 2. The smallest absolute Gasteiger partial charge is 0.143 e. The average Bonchev–Trinajstić information content (AvgIpc) is 2.12. The van der Waals surface area contributed by atoms with Crippen molar-refractivity contribution in [1.29, 1.82) is 0 Å². The summed E-state index contributed by atoms with van der Waals surface area (Å²) >= 11 is 5.70. The van der Waals surface area contributed by atoms with Gasteiger partial charge in [0.15, 0.2) is 0 Å². The van der Waals surface area contributed by atoms with E-state index in [0.29, 0.717) is 0 Å². The molecule has 0 saturated heterocycles. The molecule has 14 heavy (non-hydrogen) atoms. The largest absolute Gasteiger partial charge is 0.299 e. The van der Waals surface area contributed by atoms with Crippen LogP contribution in [0.3, 0.4) is 0 Å². The first kappa shape index (κ1) is 12.2. The van der Waals surface area contributed by atoms with Crippen molar-refractivity contribution in [3.63, 3.8) is 0 Å². The van der Waals surface area contributed by atoms with Gasteiger partial charge in [-0.3, -0.25) is 4.79 Å². The van der Waals surface area contributed by atoms with E-state index >= 15 is 0 Å². The Morgan fingerprint density at radius 2 is 2.21 bits per heavy atom. The number of carbonyl (C=O) groups is 1. The van der Waals surface area contributed by atoms with Crippen LogP contribution in [-0.2, 0) is 11.2 Å². The van der Waals surface area contributed by atoms with Crippen LogP contribution in [0.1, 0.15) is 18.1 Å². The summed E-state index contributed by atoms with van der Waals surface area (Å²) < 4.78 is 1.25. The number of hydrogen-bond donors (Lipinski definition) is 0. The van der Waals surface area contributed by atoms with Crippen molar-refractivity contribution in [3.8, 4) is 0 Å². The third kappa shape index (κ3) is 3.05. The molecule has 1 aromatic rings. The van der Waals surface area contributed by atoms with Gasteiger partial charge in [0.2, 0.25) is 0 Å². The van der Waals surface area contributed by atoms with Crippen LogP contribution in [0.25, 0.3) is 0 Å². The highest BCUT2D eigenvalue weighted by atomic mass is 127. The topological polar surface area (TPSA) is 17.1 Å². The molecule has 1 rings (SSSR count). The van der Waals surface area contributed by atoms with Gasteiger partial charge in [-0.1, -0.05) is 28.1 Å². The van der Waals surface area contributed by atoms with Crippen LogP contribution in [0.2, 0.25) is 0 Å². The molecule has 1 aromatic carbocycles. The number of hydrogen-bond acceptors (Lipinski definition) is 1. The molecule has 0 fully saturated rings. The molecule has 0 aliphatic heterocycles. The zero-order valence-corrected chi connectivity index (χ0v) is 11.9. The van der Waals surface area contributed by atoms with Gasteiger partial charge in [-0.2, -0.15) is 0 Å². The second kappa shape index (κ2) is 5.26. The molecule has 0 spiro atoms. The first-order valence-electron chi connectivity index (χ1n) is 4.41. The van der Waals surface area contributed by atoms with E-state index in [2.05, 4.69) is 57.6 Å². The molecule has 0 bridgehead atoms. The zero-order chi connectivity index (χ0) is 10.7. The van der Waals surface area contributed by atoms with E-state index in [0.717, 1.165) is 6.42 Å². The third-order valence-electron chi connectivity index (χ3n) is 2.22. The minimum atomic E-state index is -0.0561. The predicted octanol–water partition coefficient (Wildman–Crippen LogP) is 3.49. The Morgan fingerprint density at radius 1 is 1.57 bits per heavy atom. The Morgan fingerprint density at radius 3 is 2.79 bits per heavy atom. The molecule has 0 aliphatic rings. The highest BCUT2D eigenvalue weighted by Gasteiger charge is 2.12. The number of ketones is 1. The first-order valence-corrected chi connectivity index (χ1v) is 6.40. The minimum absolute atomic E-state index is 0.0561. The molecule has 76 valence electrons. The van der Waals surface area contributed by atoms with E-state index in [1.807, 2.05) is 6.07 Å². The monoisotopic (exact) mass is 366 g/mol. The molecule has 0 radical (unpaired) electrons. The lowest BCUT2D eigenvalue weighted by Crippen LogP contribution is -2.13. The van der Waals surface area contributed by atoms with E-state index in [1.165, 1.54) is 14.7 Å². The van der Waals surface area contributed by atoms with Gasteiger partial charge < -0.3 is 0 Å². The zero-order valence-electron chi connectivity index (χ0n) is 8.18. The molecule has 0 heterocycles. The summed E-state index contributed by atoms with van der Waals surface area (Å²) in [5, 5.41) is 0. The fourth-order valence-corrected chi connectivity index (χ4v) is 2.11. The lowest BCUT2D eigenvalue weighted by molar-refractivity contribution is -0.116. The van der Waals surface area contributed by atoms with Gasteiger partial charge in [0.1, 0.15) is 5.78 Å². The van der Waals surface area contributed by atoms with Crippen LogP contribution in [-0.4, -0.2) is 10.6 Å². The molecule has 0 amide bonds. The van der Waals surface area contributed by atoms with Gasteiger partial charge in [0, 0.05) is 3.57 Å². The van der Waals surface area contributed by atoms with Crippen molar-refractivity contribution in [1.82, 2.24) is 0 Å². The van der Waals surface area contributed by atoms with Crippen LogP contribution in [0.4, 0.5) is 0 Å². The SMILES string of the molecule is CC(=O)C(Br)Cc1cccc(I)c1C. The number of rotatable bonds is 3. The van der Waals surface area contributed by atoms with Gasteiger partial charge in [-0.15, -0.1) is 0 Å². The standard InChI is InChI=1S/C11H12BrIO/c1-7-9(4-3-5-11(7)13)6-10(12)8(2)14/h3-5,10H,6H2,1-2H3. The normalized spacial score (nSPS) is 12.6. The molecule has 1 nitrogen and oxygen atoms in total. The lowest BCUT2D eigenvalue weighted by Gasteiger charge is -2.10. The number of carbonyl (C=O) groups excluding carboxylic acids is 1. The molecule has 0 aromatic heterocycles. The lowest BCUT2D eigenvalue weighted by atomic mass is 10.0. The summed E-state index contributed by atoms with van der Waals surface area (Å²) in [5.41, 5.74) is 2.52. The van der Waals surface area contributed by atoms with Gasteiger partial charge in [-0.25, -0.2) is 0 Å². The predicted molar refractivity (Wildman–Crippen MR) is 71.0 cm³/mol. The van der Waals surface area contributed by atoms with E-state index in [9.17, 15) is 4.79 Å². The maximum Gasteiger partial charge on any atom is 0.143 e. The van der Waals surface area contributed by atoms with Crippen LogP contribution in [0.15, 0.2) is 18.2 Å². The molecular formula is C11H12BrIO. The van der Waals surface area contributed by atoms with E-state index in [1.54, 1.807) is 6.92 Å². The molecule has 0 saturated carbocycles. The Balaban J connectivity index is 2.87. The molecular weight excluding hydrogens is 355 g/mol. The van der Waals surface area contributed by atoms with Gasteiger partial charge >= 0.3 is 0 Å². The molecule has 0 N–H and O–H groups in total. The minimum Gasteiger partial charge on any atom is -0.299 e. The quantitative estimate of drug-likeness (QED) is 0.591. The average molecular weight is 367 g/mol. The second-order valence-electron chi connectivity index (χ2n) is 3.31. The summed E-state index contributed by atoms with van der Waals surface area (Å²) in [6, 6.07) is 6.19. The van der Waals surface area contributed by atoms with Gasteiger partial charge in [0.05, 0.1) is 4.83 Å². The van der Waals surface area contributed by atoms with E-state index in [-0.39, 0.29) is 10.6 Å². The number of benzene rings is 1. The van der Waals surface area contributed by atoms with Crippen molar-refractivity contribution in [2.24, 2.45) is 0 Å². The van der Waals surface area contributed by atoms with E-state index in [4.69, 9.17) is 0 Å². The van der Waals surface area contributed by atoms with Crippen molar-refractivity contribution in [3.05, 3.63) is 32.9 Å².